The summed E-state index contributed by atoms with van der Waals surface area (Å²) in [5.74, 6) is -0.435. The fourth-order valence-electron chi connectivity index (χ4n) is 1.25. The number of phenolic OH excluding ortho intramolecular Hbond substituents is 1. The van der Waals surface area contributed by atoms with Crippen LogP contribution in [0, 0.1) is 20.8 Å². The lowest BCUT2D eigenvalue weighted by Gasteiger charge is -2.13. The number of aromatic hydroxyl groups is 1. The van der Waals surface area contributed by atoms with E-state index in [-0.39, 0.29) is 16.5 Å². The monoisotopic (exact) mass is 230 g/mol. The lowest BCUT2D eigenvalue weighted by molar-refractivity contribution is 0.143. The van der Waals surface area contributed by atoms with Crippen LogP contribution < -0.4 is 4.74 Å². The van der Waals surface area contributed by atoms with Gasteiger partial charge in [-0.1, -0.05) is 11.6 Å². The Morgan fingerprint density at radius 2 is 1.73 bits per heavy atom. The third-order valence-electron chi connectivity index (χ3n) is 2.41. The zero-order chi connectivity index (χ0) is 11.7. The van der Waals surface area contributed by atoms with Gasteiger partial charge in [0.15, 0.2) is 11.5 Å². The number of carboxylic acid groups (broad SMARTS) is 1. The minimum atomic E-state index is -1.50. The summed E-state index contributed by atoms with van der Waals surface area (Å²) in [6.45, 7) is 5.20. The molecule has 0 saturated heterocycles. The van der Waals surface area contributed by atoms with E-state index in [2.05, 4.69) is 4.74 Å². The number of hydrogen-bond acceptors (Lipinski definition) is 3. The summed E-state index contributed by atoms with van der Waals surface area (Å²) in [6, 6.07) is 0. The van der Waals surface area contributed by atoms with E-state index in [1.165, 1.54) is 0 Å². The first-order valence-electron chi connectivity index (χ1n) is 4.25. The highest BCUT2D eigenvalue weighted by Gasteiger charge is 2.19. The Bertz CT molecular complexity index is 397. The molecule has 0 amide bonds. The number of phenols is 1. The molecular formula is C10H11ClO4. The summed E-state index contributed by atoms with van der Waals surface area (Å²) < 4.78 is 4.43. The number of carbonyl (C=O) groups is 1. The van der Waals surface area contributed by atoms with Crippen LogP contribution in [-0.4, -0.2) is 16.4 Å². The van der Waals surface area contributed by atoms with Crippen LogP contribution in [0.2, 0.25) is 5.02 Å². The van der Waals surface area contributed by atoms with Gasteiger partial charge in [-0.2, -0.15) is 0 Å². The van der Waals surface area contributed by atoms with E-state index in [0.717, 1.165) is 5.56 Å². The van der Waals surface area contributed by atoms with Gasteiger partial charge in [0.05, 0.1) is 5.02 Å². The summed E-state index contributed by atoms with van der Waals surface area (Å²) in [7, 11) is 0. The van der Waals surface area contributed by atoms with E-state index in [1.54, 1.807) is 20.8 Å². The number of ether oxygens (including phenoxy) is 1. The van der Waals surface area contributed by atoms with Gasteiger partial charge in [-0.25, -0.2) is 4.79 Å². The van der Waals surface area contributed by atoms with Gasteiger partial charge >= 0.3 is 6.16 Å². The van der Waals surface area contributed by atoms with Crippen LogP contribution in [-0.2, 0) is 0 Å². The molecule has 5 heteroatoms. The van der Waals surface area contributed by atoms with Gasteiger partial charge in [-0.15, -0.1) is 0 Å². The van der Waals surface area contributed by atoms with Crippen molar-refractivity contribution in [3.05, 3.63) is 21.7 Å². The molecule has 0 aliphatic rings. The summed E-state index contributed by atoms with van der Waals surface area (Å²) in [5.41, 5.74) is 2.08. The van der Waals surface area contributed by atoms with Crippen molar-refractivity contribution in [1.29, 1.82) is 0 Å². The predicted molar refractivity (Wildman–Crippen MR) is 56.0 cm³/mol. The fraction of sp³-hybridized carbons (Fsp3) is 0.300. The third-order valence-corrected chi connectivity index (χ3v) is 2.87. The predicted octanol–water partition coefficient (Wildman–Crippen LogP) is 3.03. The van der Waals surface area contributed by atoms with E-state index in [4.69, 9.17) is 16.7 Å². The van der Waals surface area contributed by atoms with Crippen molar-refractivity contribution >= 4 is 17.8 Å². The average Bonchev–Trinajstić information content (AvgIpc) is 2.18. The summed E-state index contributed by atoms with van der Waals surface area (Å²) >= 11 is 5.87. The van der Waals surface area contributed by atoms with Gasteiger partial charge < -0.3 is 14.9 Å². The molecule has 1 aromatic rings. The quantitative estimate of drug-likeness (QED) is 0.575. The summed E-state index contributed by atoms with van der Waals surface area (Å²) in [4.78, 5) is 10.4. The van der Waals surface area contributed by atoms with Crippen molar-refractivity contribution < 1.29 is 19.7 Å². The third kappa shape index (κ3) is 1.99. The Morgan fingerprint density at radius 1 is 1.20 bits per heavy atom. The average molecular weight is 231 g/mol. The molecule has 0 bridgehead atoms. The van der Waals surface area contributed by atoms with Crippen LogP contribution in [0.4, 0.5) is 4.79 Å². The van der Waals surface area contributed by atoms with Crippen LogP contribution in [0.5, 0.6) is 11.5 Å². The first kappa shape index (κ1) is 11.7. The second-order valence-electron chi connectivity index (χ2n) is 3.23. The molecule has 0 spiro atoms. The summed E-state index contributed by atoms with van der Waals surface area (Å²) in [5, 5.41) is 18.3. The molecule has 0 fully saturated rings. The molecule has 15 heavy (non-hydrogen) atoms. The lowest BCUT2D eigenvalue weighted by Crippen LogP contribution is -2.05. The van der Waals surface area contributed by atoms with Crippen LogP contribution in [0.25, 0.3) is 0 Å². The number of benzene rings is 1. The molecule has 0 aliphatic carbocycles. The van der Waals surface area contributed by atoms with Crippen molar-refractivity contribution in [2.75, 3.05) is 0 Å². The first-order valence-corrected chi connectivity index (χ1v) is 4.63. The highest BCUT2D eigenvalue weighted by atomic mass is 35.5. The Kier molecular flexibility index (Phi) is 3.09. The van der Waals surface area contributed by atoms with E-state index >= 15 is 0 Å². The Hall–Kier alpha value is -1.42. The topological polar surface area (TPSA) is 66.8 Å². The molecule has 82 valence electrons. The molecule has 4 nitrogen and oxygen atoms in total. The van der Waals surface area contributed by atoms with Gasteiger partial charge in [0, 0.05) is 0 Å². The maximum Gasteiger partial charge on any atom is 0.511 e. The van der Waals surface area contributed by atoms with E-state index in [9.17, 15) is 9.90 Å². The Morgan fingerprint density at radius 3 is 2.20 bits per heavy atom. The molecule has 0 atom stereocenters. The zero-order valence-corrected chi connectivity index (χ0v) is 9.34. The number of rotatable bonds is 1. The lowest BCUT2D eigenvalue weighted by atomic mass is 10.0. The van der Waals surface area contributed by atoms with Gasteiger partial charge in [0.1, 0.15) is 0 Å². The van der Waals surface area contributed by atoms with Crippen molar-refractivity contribution in [1.82, 2.24) is 0 Å². The Balaban J connectivity index is 3.45. The van der Waals surface area contributed by atoms with Crippen LogP contribution in [0.1, 0.15) is 16.7 Å². The number of halogens is 1. The first-order chi connectivity index (χ1) is 6.86. The van der Waals surface area contributed by atoms with E-state index in [1.807, 2.05) is 0 Å². The molecule has 1 aromatic carbocycles. The van der Waals surface area contributed by atoms with Crippen LogP contribution >= 0.6 is 11.6 Å². The molecule has 2 N–H and O–H groups in total. The van der Waals surface area contributed by atoms with Crippen molar-refractivity contribution in [2.45, 2.75) is 20.8 Å². The minimum absolute atomic E-state index is 0.123. The molecule has 0 aromatic heterocycles. The molecular weight excluding hydrogens is 220 g/mol. The normalized spacial score (nSPS) is 10.1. The molecule has 0 radical (unpaired) electrons. The van der Waals surface area contributed by atoms with Crippen molar-refractivity contribution in [3.63, 3.8) is 0 Å². The standard InChI is InChI=1S/C10H11ClO4/c1-4-5(2)7(11)9(15-10(13)14)8(12)6(4)3/h12H,1-3H3,(H,13,14). The second kappa shape index (κ2) is 3.98. The summed E-state index contributed by atoms with van der Waals surface area (Å²) in [6.07, 6.45) is -1.50. The van der Waals surface area contributed by atoms with Gasteiger partial charge in [0.25, 0.3) is 0 Å². The molecule has 1 rings (SSSR count). The van der Waals surface area contributed by atoms with E-state index in [0.29, 0.717) is 11.1 Å². The number of hydrogen-bond donors (Lipinski definition) is 2. The largest absolute Gasteiger partial charge is 0.511 e. The van der Waals surface area contributed by atoms with Crippen molar-refractivity contribution in [2.24, 2.45) is 0 Å². The molecule has 0 aliphatic heterocycles. The van der Waals surface area contributed by atoms with Crippen LogP contribution in [0.15, 0.2) is 0 Å². The smallest absolute Gasteiger partial charge is 0.504 e. The molecule has 0 heterocycles. The SMILES string of the molecule is Cc1c(C)c(O)c(OC(=O)O)c(Cl)c1C. The zero-order valence-electron chi connectivity index (χ0n) is 8.59. The molecule has 0 unspecified atom stereocenters. The molecule has 0 saturated carbocycles. The maximum atomic E-state index is 10.4. The maximum absolute atomic E-state index is 10.4. The van der Waals surface area contributed by atoms with E-state index < -0.39 is 6.16 Å². The van der Waals surface area contributed by atoms with Gasteiger partial charge in [-0.3, -0.25) is 0 Å². The second-order valence-corrected chi connectivity index (χ2v) is 3.61. The highest BCUT2D eigenvalue weighted by molar-refractivity contribution is 6.33. The van der Waals surface area contributed by atoms with Gasteiger partial charge in [-0.05, 0) is 37.5 Å². The van der Waals surface area contributed by atoms with Crippen molar-refractivity contribution in [3.8, 4) is 11.5 Å². The highest BCUT2D eigenvalue weighted by Crippen LogP contribution is 2.41. The van der Waals surface area contributed by atoms with Crippen LogP contribution in [0.3, 0.4) is 0 Å². The fourth-order valence-corrected chi connectivity index (χ4v) is 1.52. The van der Waals surface area contributed by atoms with Gasteiger partial charge in [0.2, 0.25) is 0 Å². The Labute approximate surface area is 92.1 Å². The minimum Gasteiger partial charge on any atom is -0.504 e.